The molecule has 104 valence electrons. The summed E-state index contributed by atoms with van der Waals surface area (Å²) >= 11 is 0. The van der Waals surface area contributed by atoms with E-state index >= 15 is 0 Å². The summed E-state index contributed by atoms with van der Waals surface area (Å²) in [6.45, 7) is 6.80. The maximum Gasteiger partial charge on any atom is 0.326 e. The third kappa shape index (κ3) is 4.05. The number of carboxylic acid groups (broad SMARTS) is 1. The number of benzene rings is 1. The Morgan fingerprint density at radius 3 is 2.26 bits per heavy atom. The number of halogens is 1. The molecule has 1 atom stereocenters. The summed E-state index contributed by atoms with van der Waals surface area (Å²) in [4.78, 5) is 23.1. The molecule has 19 heavy (non-hydrogen) atoms. The van der Waals surface area contributed by atoms with Gasteiger partial charge in [-0.15, -0.1) is 0 Å². The fourth-order valence-electron chi connectivity index (χ4n) is 1.73. The molecule has 0 saturated carbocycles. The fraction of sp³-hybridized carbons (Fsp3) is 0.429. The highest BCUT2D eigenvalue weighted by atomic mass is 19.1. The van der Waals surface area contributed by atoms with E-state index in [9.17, 15) is 14.0 Å². The molecule has 0 bridgehead atoms. The molecule has 0 aliphatic rings. The van der Waals surface area contributed by atoms with Gasteiger partial charge in [-0.2, -0.15) is 0 Å². The van der Waals surface area contributed by atoms with Crippen molar-refractivity contribution in [2.45, 2.75) is 33.7 Å². The number of nitrogens with one attached hydrogen (secondary N) is 1. The van der Waals surface area contributed by atoms with E-state index in [0.29, 0.717) is 5.56 Å². The van der Waals surface area contributed by atoms with Gasteiger partial charge < -0.3 is 10.4 Å². The summed E-state index contributed by atoms with van der Waals surface area (Å²) in [5.74, 6) is -2.23. The van der Waals surface area contributed by atoms with Gasteiger partial charge >= 0.3 is 5.97 Å². The lowest BCUT2D eigenvalue weighted by molar-refractivity contribution is -0.142. The number of aryl methyl sites for hydroxylation is 1. The van der Waals surface area contributed by atoms with Crippen LogP contribution in [0.2, 0.25) is 0 Å². The van der Waals surface area contributed by atoms with Crippen LogP contribution in [0.5, 0.6) is 0 Å². The summed E-state index contributed by atoms with van der Waals surface area (Å²) in [7, 11) is 0. The Morgan fingerprint density at radius 1 is 1.26 bits per heavy atom. The van der Waals surface area contributed by atoms with Gasteiger partial charge in [-0.25, -0.2) is 9.18 Å². The minimum Gasteiger partial charge on any atom is -0.480 e. The van der Waals surface area contributed by atoms with E-state index in [-0.39, 0.29) is 5.56 Å². The van der Waals surface area contributed by atoms with E-state index in [1.54, 1.807) is 27.7 Å². The van der Waals surface area contributed by atoms with Gasteiger partial charge in [0.25, 0.3) is 5.91 Å². The lowest BCUT2D eigenvalue weighted by atomic mass is 9.86. The van der Waals surface area contributed by atoms with Crippen molar-refractivity contribution in [3.8, 4) is 0 Å². The quantitative estimate of drug-likeness (QED) is 0.883. The van der Waals surface area contributed by atoms with E-state index in [0.717, 1.165) is 6.07 Å². The molecule has 1 amide bonds. The Morgan fingerprint density at radius 2 is 1.84 bits per heavy atom. The van der Waals surface area contributed by atoms with Crippen LogP contribution in [0.3, 0.4) is 0 Å². The van der Waals surface area contributed by atoms with Crippen molar-refractivity contribution < 1.29 is 19.1 Å². The monoisotopic (exact) mass is 267 g/mol. The number of hydrogen-bond acceptors (Lipinski definition) is 2. The minimum atomic E-state index is -1.12. The SMILES string of the molecule is Cc1cc(F)cc(C(=O)NC(C(=O)O)C(C)(C)C)c1. The summed E-state index contributed by atoms with van der Waals surface area (Å²) in [6.07, 6.45) is 0. The lowest BCUT2D eigenvalue weighted by Gasteiger charge is -2.27. The lowest BCUT2D eigenvalue weighted by Crippen LogP contribution is -2.49. The molecule has 0 aliphatic heterocycles. The molecule has 1 aromatic carbocycles. The molecule has 0 fully saturated rings. The molecule has 0 heterocycles. The number of amides is 1. The topological polar surface area (TPSA) is 66.4 Å². The molecule has 1 rings (SSSR count). The Labute approximate surface area is 111 Å². The number of aliphatic carboxylic acids is 1. The number of carbonyl (C=O) groups excluding carboxylic acids is 1. The van der Waals surface area contributed by atoms with Gasteiger partial charge in [-0.3, -0.25) is 4.79 Å². The maximum atomic E-state index is 13.2. The van der Waals surface area contributed by atoms with Crippen molar-refractivity contribution in [2.24, 2.45) is 5.41 Å². The molecular weight excluding hydrogens is 249 g/mol. The molecule has 0 aliphatic carbocycles. The predicted octanol–water partition coefficient (Wildman–Crippen LogP) is 2.36. The van der Waals surface area contributed by atoms with Crippen LogP contribution < -0.4 is 5.32 Å². The van der Waals surface area contributed by atoms with Crippen LogP contribution in [0.15, 0.2) is 18.2 Å². The van der Waals surface area contributed by atoms with Crippen LogP contribution in [-0.2, 0) is 4.79 Å². The fourth-order valence-corrected chi connectivity index (χ4v) is 1.73. The zero-order valence-electron chi connectivity index (χ0n) is 11.5. The predicted molar refractivity (Wildman–Crippen MR) is 69.5 cm³/mol. The van der Waals surface area contributed by atoms with Crippen molar-refractivity contribution in [1.82, 2.24) is 5.32 Å². The van der Waals surface area contributed by atoms with Gasteiger partial charge in [0.05, 0.1) is 0 Å². The second-order valence-electron chi connectivity index (χ2n) is 5.63. The third-order valence-electron chi connectivity index (χ3n) is 2.69. The molecular formula is C14H18FNO3. The molecule has 0 radical (unpaired) electrons. The van der Waals surface area contributed by atoms with Crippen molar-refractivity contribution >= 4 is 11.9 Å². The Bertz CT molecular complexity index is 486. The molecule has 4 nitrogen and oxygen atoms in total. The highest BCUT2D eigenvalue weighted by Crippen LogP contribution is 2.20. The number of carbonyl (C=O) groups is 2. The van der Waals surface area contributed by atoms with Crippen molar-refractivity contribution in [1.29, 1.82) is 0 Å². The molecule has 0 aromatic heterocycles. The first-order valence-corrected chi connectivity index (χ1v) is 5.92. The summed E-state index contributed by atoms with van der Waals surface area (Å²) in [5, 5.41) is 11.5. The highest BCUT2D eigenvalue weighted by Gasteiger charge is 2.32. The molecule has 2 N–H and O–H groups in total. The van der Waals surface area contributed by atoms with Gasteiger partial charge in [0, 0.05) is 5.56 Å². The van der Waals surface area contributed by atoms with Gasteiger partial charge in [0.2, 0.25) is 0 Å². The largest absolute Gasteiger partial charge is 0.480 e. The molecule has 1 unspecified atom stereocenters. The van der Waals surface area contributed by atoms with Crippen LogP contribution in [-0.4, -0.2) is 23.0 Å². The number of rotatable bonds is 3. The van der Waals surface area contributed by atoms with Crippen LogP contribution in [0, 0.1) is 18.2 Å². The smallest absolute Gasteiger partial charge is 0.326 e. The molecule has 0 spiro atoms. The second-order valence-corrected chi connectivity index (χ2v) is 5.63. The van der Waals surface area contributed by atoms with Crippen LogP contribution >= 0.6 is 0 Å². The second kappa shape index (κ2) is 5.38. The van der Waals surface area contributed by atoms with Gasteiger partial charge in [-0.05, 0) is 36.1 Å². The van der Waals surface area contributed by atoms with Crippen LogP contribution in [0.4, 0.5) is 4.39 Å². The van der Waals surface area contributed by atoms with Crippen molar-refractivity contribution in [3.63, 3.8) is 0 Å². The first kappa shape index (κ1) is 15.1. The van der Waals surface area contributed by atoms with E-state index < -0.39 is 29.2 Å². The highest BCUT2D eigenvalue weighted by molar-refractivity contribution is 5.96. The van der Waals surface area contributed by atoms with Crippen LogP contribution in [0.1, 0.15) is 36.7 Å². The van der Waals surface area contributed by atoms with E-state index in [2.05, 4.69) is 5.32 Å². The average molecular weight is 267 g/mol. The van der Waals surface area contributed by atoms with E-state index in [1.165, 1.54) is 12.1 Å². The number of hydrogen-bond donors (Lipinski definition) is 2. The summed E-state index contributed by atoms with van der Waals surface area (Å²) in [5.41, 5.74) is 0.0879. The Balaban J connectivity index is 2.97. The van der Waals surface area contributed by atoms with E-state index in [1.807, 2.05) is 0 Å². The zero-order chi connectivity index (χ0) is 14.8. The van der Waals surface area contributed by atoms with Gasteiger partial charge in [0.1, 0.15) is 11.9 Å². The first-order valence-electron chi connectivity index (χ1n) is 5.92. The first-order chi connectivity index (χ1) is 8.61. The summed E-state index contributed by atoms with van der Waals surface area (Å²) < 4.78 is 13.2. The molecule has 1 aromatic rings. The normalized spacial score (nSPS) is 12.9. The van der Waals surface area contributed by atoms with E-state index in [4.69, 9.17) is 5.11 Å². The average Bonchev–Trinajstić information content (AvgIpc) is 2.21. The standard InChI is InChI=1S/C14H18FNO3/c1-8-5-9(7-10(15)6-8)12(17)16-11(13(18)19)14(2,3)4/h5-7,11H,1-4H3,(H,16,17)(H,18,19). The Hall–Kier alpha value is -1.91. The Kier molecular flexibility index (Phi) is 4.29. The third-order valence-corrected chi connectivity index (χ3v) is 2.69. The van der Waals surface area contributed by atoms with Gasteiger partial charge in [-0.1, -0.05) is 20.8 Å². The molecule has 5 heteroatoms. The zero-order valence-corrected chi connectivity index (χ0v) is 11.5. The van der Waals surface area contributed by atoms with Crippen molar-refractivity contribution in [2.75, 3.05) is 0 Å². The van der Waals surface area contributed by atoms with Crippen LogP contribution in [0.25, 0.3) is 0 Å². The maximum absolute atomic E-state index is 13.2. The van der Waals surface area contributed by atoms with Gasteiger partial charge in [0.15, 0.2) is 0 Å². The van der Waals surface area contributed by atoms with Crippen molar-refractivity contribution in [3.05, 3.63) is 35.1 Å². The number of carboxylic acids is 1. The summed E-state index contributed by atoms with van der Waals surface area (Å²) in [6, 6.07) is 2.86. The minimum absolute atomic E-state index is 0.119. The molecule has 0 saturated heterocycles.